The van der Waals surface area contributed by atoms with E-state index in [4.69, 9.17) is 4.74 Å². The third-order valence-corrected chi connectivity index (χ3v) is 4.02. The maximum Gasteiger partial charge on any atom is 0.243 e. The highest BCUT2D eigenvalue weighted by atomic mass is 19.1. The minimum absolute atomic E-state index is 0.177. The van der Waals surface area contributed by atoms with Gasteiger partial charge >= 0.3 is 0 Å². The Balaban J connectivity index is 1.95. The van der Waals surface area contributed by atoms with E-state index >= 15 is 0 Å². The van der Waals surface area contributed by atoms with Crippen LogP contribution in [0.2, 0.25) is 0 Å². The zero-order valence-corrected chi connectivity index (χ0v) is 10.6. The Hall–Kier alpha value is -1.84. The van der Waals surface area contributed by atoms with Gasteiger partial charge in [0, 0.05) is 12.0 Å². The van der Waals surface area contributed by atoms with Gasteiger partial charge in [-0.2, -0.15) is 0 Å². The average Bonchev–Trinajstić information content (AvgIpc) is 2.37. The SMILES string of the molecule is C=CC(=O)N[C@@H]1CC2(CCC2)Oc2ccc(F)cc21. The number of nitrogens with one attached hydrogen (secondary N) is 1. The highest BCUT2D eigenvalue weighted by molar-refractivity contribution is 5.87. The third-order valence-electron chi connectivity index (χ3n) is 4.02. The number of hydrogen-bond acceptors (Lipinski definition) is 2. The van der Waals surface area contributed by atoms with Crippen LogP contribution in [-0.2, 0) is 4.79 Å². The molecule has 2 aliphatic rings. The van der Waals surface area contributed by atoms with Crippen molar-refractivity contribution in [2.24, 2.45) is 0 Å². The zero-order valence-electron chi connectivity index (χ0n) is 10.6. The highest BCUT2D eigenvalue weighted by Crippen LogP contribution is 2.48. The van der Waals surface area contributed by atoms with Crippen LogP contribution in [0.25, 0.3) is 0 Å². The van der Waals surface area contributed by atoms with Crippen LogP contribution in [-0.4, -0.2) is 11.5 Å². The van der Waals surface area contributed by atoms with Crippen molar-refractivity contribution in [1.29, 1.82) is 0 Å². The van der Waals surface area contributed by atoms with Gasteiger partial charge in [-0.05, 0) is 43.5 Å². The predicted molar refractivity (Wildman–Crippen MR) is 69.3 cm³/mol. The molecule has 4 heteroatoms. The molecular weight excluding hydrogens is 245 g/mol. The molecule has 19 heavy (non-hydrogen) atoms. The van der Waals surface area contributed by atoms with Crippen LogP contribution in [0.15, 0.2) is 30.9 Å². The van der Waals surface area contributed by atoms with Crippen molar-refractivity contribution in [3.8, 4) is 5.75 Å². The molecule has 1 fully saturated rings. The van der Waals surface area contributed by atoms with E-state index in [9.17, 15) is 9.18 Å². The topological polar surface area (TPSA) is 38.3 Å². The lowest BCUT2D eigenvalue weighted by atomic mass is 9.73. The van der Waals surface area contributed by atoms with Gasteiger partial charge in [-0.15, -0.1) is 0 Å². The number of halogens is 1. The maximum absolute atomic E-state index is 13.4. The maximum atomic E-state index is 13.4. The van der Waals surface area contributed by atoms with E-state index in [0.717, 1.165) is 19.3 Å². The fourth-order valence-corrected chi connectivity index (χ4v) is 2.88. The van der Waals surface area contributed by atoms with Crippen LogP contribution in [0.1, 0.15) is 37.3 Å². The minimum atomic E-state index is -0.315. The number of hydrogen-bond donors (Lipinski definition) is 1. The zero-order chi connectivity index (χ0) is 13.5. The van der Waals surface area contributed by atoms with E-state index in [2.05, 4.69) is 11.9 Å². The fourth-order valence-electron chi connectivity index (χ4n) is 2.88. The van der Waals surface area contributed by atoms with Crippen molar-refractivity contribution in [2.45, 2.75) is 37.3 Å². The van der Waals surface area contributed by atoms with Gasteiger partial charge in [0.2, 0.25) is 5.91 Å². The van der Waals surface area contributed by atoms with Gasteiger partial charge in [-0.25, -0.2) is 4.39 Å². The molecule has 0 saturated heterocycles. The second kappa shape index (κ2) is 4.37. The molecule has 1 aromatic carbocycles. The number of fused-ring (bicyclic) bond motifs is 1. The summed E-state index contributed by atoms with van der Waals surface area (Å²) in [5.41, 5.74) is 0.539. The lowest BCUT2D eigenvalue weighted by Gasteiger charge is -2.47. The molecule has 3 rings (SSSR count). The number of amides is 1. The van der Waals surface area contributed by atoms with Crippen LogP contribution >= 0.6 is 0 Å². The van der Waals surface area contributed by atoms with E-state index in [0.29, 0.717) is 17.7 Å². The standard InChI is InChI=1S/C15H16FNO2/c1-2-14(18)17-12-9-15(6-3-7-15)19-13-5-4-10(16)8-11(12)13/h2,4-5,8,12H,1,3,6-7,9H2,(H,17,18)/t12-/m1/s1. The highest BCUT2D eigenvalue weighted by Gasteiger charge is 2.45. The van der Waals surface area contributed by atoms with Crippen molar-refractivity contribution >= 4 is 5.91 Å². The minimum Gasteiger partial charge on any atom is -0.487 e. The normalized spacial score (nSPS) is 22.9. The monoisotopic (exact) mass is 261 g/mol. The molecule has 1 saturated carbocycles. The molecule has 0 radical (unpaired) electrons. The summed E-state index contributed by atoms with van der Waals surface area (Å²) >= 11 is 0. The molecule has 0 bridgehead atoms. The molecule has 1 amide bonds. The summed E-state index contributed by atoms with van der Waals surface area (Å²) in [7, 11) is 0. The van der Waals surface area contributed by atoms with Gasteiger partial charge < -0.3 is 10.1 Å². The number of carbonyl (C=O) groups excluding carboxylic acids is 1. The smallest absolute Gasteiger partial charge is 0.243 e. The number of benzene rings is 1. The first-order chi connectivity index (χ1) is 9.12. The second-order valence-corrected chi connectivity index (χ2v) is 5.29. The molecule has 0 aromatic heterocycles. The average molecular weight is 261 g/mol. The summed E-state index contributed by atoms with van der Waals surface area (Å²) in [6.45, 7) is 3.45. The molecule has 0 unspecified atom stereocenters. The van der Waals surface area contributed by atoms with Crippen molar-refractivity contribution in [1.82, 2.24) is 5.32 Å². The third kappa shape index (κ3) is 2.11. The molecule has 1 atom stereocenters. The first kappa shape index (κ1) is 12.2. The molecular formula is C15H16FNO2. The Morgan fingerprint density at radius 2 is 2.32 bits per heavy atom. The summed E-state index contributed by atoms with van der Waals surface area (Å²) in [6, 6.07) is 4.28. The summed E-state index contributed by atoms with van der Waals surface area (Å²) < 4.78 is 19.4. The van der Waals surface area contributed by atoms with Gasteiger partial charge in [0.15, 0.2) is 0 Å². The van der Waals surface area contributed by atoms with E-state index in [1.807, 2.05) is 0 Å². The van der Waals surface area contributed by atoms with E-state index in [-0.39, 0.29) is 23.4 Å². The summed E-state index contributed by atoms with van der Waals surface area (Å²) in [4.78, 5) is 11.5. The van der Waals surface area contributed by atoms with Crippen LogP contribution in [0.5, 0.6) is 5.75 Å². The molecule has 100 valence electrons. The van der Waals surface area contributed by atoms with Crippen LogP contribution in [0.3, 0.4) is 0 Å². The lowest BCUT2D eigenvalue weighted by molar-refractivity contribution is -0.118. The predicted octanol–water partition coefficient (Wildman–Crippen LogP) is 2.87. The summed E-state index contributed by atoms with van der Waals surface area (Å²) in [5.74, 6) is 0.128. The van der Waals surface area contributed by atoms with Crippen LogP contribution in [0, 0.1) is 5.82 Å². The van der Waals surface area contributed by atoms with E-state index in [1.165, 1.54) is 18.2 Å². The van der Waals surface area contributed by atoms with Gasteiger partial charge in [-0.3, -0.25) is 4.79 Å². The first-order valence-electron chi connectivity index (χ1n) is 6.53. The van der Waals surface area contributed by atoms with E-state index in [1.54, 1.807) is 6.07 Å². The number of rotatable bonds is 2. The molecule has 1 aliphatic carbocycles. The Morgan fingerprint density at radius 3 is 2.95 bits per heavy atom. The lowest BCUT2D eigenvalue weighted by Crippen LogP contribution is -2.49. The quantitative estimate of drug-likeness (QED) is 0.831. The Bertz CT molecular complexity index is 537. The van der Waals surface area contributed by atoms with Gasteiger partial charge in [0.1, 0.15) is 17.2 Å². The van der Waals surface area contributed by atoms with Crippen molar-refractivity contribution in [2.75, 3.05) is 0 Å². The van der Waals surface area contributed by atoms with Crippen molar-refractivity contribution in [3.05, 3.63) is 42.2 Å². The van der Waals surface area contributed by atoms with Gasteiger partial charge in [0.25, 0.3) is 0 Å². The number of ether oxygens (including phenoxy) is 1. The van der Waals surface area contributed by atoms with Crippen LogP contribution in [0.4, 0.5) is 4.39 Å². The molecule has 1 aliphatic heterocycles. The number of carbonyl (C=O) groups is 1. The largest absolute Gasteiger partial charge is 0.487 e. The summed E-state index contributed by atoms with van der Waals surface area (Å²) in [5, 5.41) is 2.87. The molecule has 1 aromatic rings. The summed E-state index contributed by atoms with van der Waals surface area (Å²) in [6.07, 6.45) is 5.05. The van der Waals surface area contributed by atoms with E-state index < -0.39 is 0 Å². The Morgan fingerprint density at radius 1 is 1.53 bits per heavy atom. The molecule has 1 N–H and O–H groups in total. The molecule has 3 nitrogen and oxygen atoms in total. The Labute approximate surface area is 111 Å². The van der Waals surface area contributed by atoms with Gasteiger partial charge in [0.05, 0.1) is 6.04 Å². The van der Waals surface area contributed by atoms with Crippen molar-refractivity contribution < 1.29 is 13.9 Å². The fraction of sp³-hybridized carbons (Fsp3) is 0.400. The Kier molecular flexibility index (Phi) is 2.81. The van der Waals surface area contributed by atoms with Crippen molar-refractivity contribution in [3.63, 3.8) is 0 Å². The second-order valence-electron chi connectivity index (χ2n) is 5.29. The molecule has 1 spiro atoms. The van der Waals surface area contributed by atoms with Crippen LogP contribution < -0.4 is 10.1 Å². The van der Waals surface area contributed by atoms with Gasteiger partial charge in [-0.1, -0.05) is 6.58 Å². The first-order valence-corrected chi connectivity index (χ1v) is 6.53. The molecule has 1 heterocycles.